The van der Waals surface area contributed by atoms with Crippen molar-refractivity contribution in [1.82, 2.24) is 0 Å². The second kappa shape index (κ2) is 7.70. The summed E-state index contributed by atoms with van der Waals surface area (Å²) in [5.74, 6) is 0.172. The van der Waals surface area contributed by atoms with Gasteiger partial charge in [-0.3, -0.25) is 0 Å². The molecule has 1 aromatic carbocycles. The van der Waals surface area contributed by atoms with Gasteiger partial charge in [0, 0.05) is 24.1 Å². The molecule has 1 aliphatic rings. The van der Waals surface area contributed by atoms with Crippen molar-refractivity contribution in [3.8, 4) is 5.75 Å². The summed E-state index contributed by atoms with van der Waals surface area (Å²) in [7, 11) is 0. The Labute approximate surface area is 147 Å². The molecule has 9 heteroatoms. The predicted molar refractivity (Wildman–Crippen MR) is 87.7 cm³/mol. The Kier molecular flexibility index (Phi) is 5.56. The molecule has 0 bridgehead atoms. The van der Waals surface area contributed by atoms with Gasteiger partial charge in [0.1, 0.15) is 35.7 Å². The van der Waals surface area contributed by atoms with Gasteiger partial charge < -0.3 is 39.4 Å². The Morgan fingerprint density at radius 1 is 1.04 bits per heavy atom. The minimum Gasteiger partial charge on any atom is -0.462 e. The van der Waals surface area contributed by atoms with Gasteiger partial charge in [-0.05, 0) is 24.1 Å². The molecule has 1 saturated heterocycles. The first-order valence-corrected chi connectivity index (χ1v) is 8.09. The van der Waals surface area contributed by atoms with Crippen molar-refractivity contribution in [2.24, 2.45) is 0 Å². The van der Waals surface area contributed by atoms with Gasteiger partial charge in [0.2, 0.25) is 6.29 Å². The Morgan fingerprint density at radius 3 is 2.50 bits per heavy atom. The summed E-state index contributed by atoms with van der Waals surface area (Å²) in [5, 5.41) is 48.9. The highest BCUT2D eigenvalue weighted by molar-refractivity contribution is 5.79. The minimum absolute atomic E-state index is 0.172. The average Bonchev–Trinajstić information content (AvgIpc) is 2.63. The van der Waals surface area contributed by atoms with E-state index in [1.54, 1.807) is 12.1 Å². The molecule has 142 valence electrons. The Balaban J connectivity index is 1.95. The predicted octanol–water partition coefficient (Wildman–Crippen LogP) is -1.49. The Hall–Kier alpha value is -2.01. The van der Waals surface area contributed by atoms with Gasteiger partial charge in [-0.25, -0.2) is 4.79 Å². The maximum absolute atomic E-state index is 11.4. The van der Waals surface area contributed by atoms with Crippen LogP contribution in [0.3, 0.4) is 0 Å². The summed E-state index contributed by atoms with van der Waals surface area (Å²) >= 11 is 0. The van der Waals surface area contributed by atoms with E-state index in [1.165, 1.54) is 12.1 Å². The number of hydrogen-bond donors (Lipinski definition) is 5. The third-order valence-corrected chi connectivity index (χ3v) is 4.28. The third-order valence-electron chi connectivity index (χ3n) is 4.28. The van der Waals surface area contributed by atoms with Crippen molar-refractivity contribution in [3.05, 3.63) is 40.2 Å². The van der Waals surface area contributed by atoms with Crippen molar-refractivity contribution in [2.75, 3.05) is 13.2 Å². The van der Waals surface area contributed by atoms with Crippen LogP contribution in [0, 0.1) is 0 Å². The third kappa shape index (κ3) is 3.58. The van der Waals surface area contributed by atoms with E-state index in [2.05, 4.69) is 0 Å². The highest BCUT2D eigenvalue weighted by Crippen LogP contribution is 2.30. The SMILES string of the molecule is O=c1ccc2cc(CCO)c(O[C@@H]3O[C@H](CO)[C@@H](O)[C@H](O)[C@H]3O)cc2o1. The maximum atomic E-state index is 11.4. The standard InChI is InChI=1S/C17H20O9/c18-4-3-9-5-8-1-2-13(20)24-10(8)6-11(9)25-17-16(23)15(22)14(21)12(7-19)26-17/h1-2,5-6,12,14-19,21-23H,3-4,7H2/t12-,14-,15+,16-,17-/m1/s1. The van der Waals surface area contributed by atoms with Crippen LogP contribution < -0.4 is 10.4 Å². The van der Waals surface area contributed by atoms with E-state index in [1.807, 2.05) is 0 Å². The molecule has 0 radical (unpaired) electrons. The number of aliphatic hydroxyl groups is 5. The number of hydrogen-bond acceptors (Lipinski definition) is 9. The molecule has 0 spiro atoms. The molecular weight excluding hydrogens is 348 g/mol. The van der Waals surface area contributed by atoms with Crippen molar-refractivity contribution >= 4 is 11.0 Å². The second-order valence-electron chi connectivity index (χ2n) is 6.04. The zero-order chi connectivity index (χ0) is 18.8. The average molecular weight is 368 g/mol. The summed E-state index contributed by atoms with van der Waals surface area (Å²) in [5.41, 5.74) is 0.246. The molecular formula is C17H20O9. The quantitative estimate of drug-likeness (QED) is 0.398. The van der Waals surface area contributed by atoms with Gasteiger partial charge in [-0.1, -0.05) is 0 Å². The van der Waals surface area contributed by atoms with Crippen LogP contribution in [0.15, 0.2) is 33.5 Å². The first-order chi connectivity index (χ1) is 12.4. The lowest BCUT2D eigenvalue weighted by Gasteiger charge is -2.39. The van der Waals surface area contributed by atoms with E-state index < -0.39 is 42.9 Å². The summed E-state index contributed by atoms with van der Waals surface area (Å²) in [6, 6.07) is 5.92. The molecule has 0 amide bonds. The lowest BCUT2D eigenvalue weighted by atomic mass is 9.99. The fourth-order valence-corrected chi connectivity index (χ4v) is 2.86. The molecule has 0 saturated carbocycles. The Bertz CT molecular complexity index is 815. The molecule has 2 aromatic rings. The lowest BCUT2D eigenvalue weighted by Crippen LogP contribution is -2.60. The molecule has 1 aliphatic heterocycles. The molecule has 26 heavy (non-hydrogen) atoms. The van der Waals surface area contributed by atoms with Crippen molar-refractivity contribution in [2.45, 2.75) is 37.1 Å². The van der Waals surface area contributed by atoms with E-state index in [0.29, 0.717) is 10.9 Å². The largest absolute Gasteiger partial charge is 0.462 e. The molecule has 5 N–H and O–H groups in total. The number of fused-ring (bicyclic) bond motifs is 1. The summed E-state index contributed by atoms with van der Waals surface area (Å²) < 4.78 is 16.0. The summed E-state index contributed by atoms with van der Waals surface area (Å²) in [6.07, 6.45) is -6.92. The zero-order valence-corrected chi connectivity index (χ0v) is 13.7. The number of aliphatic hydroxyl groups excluding tert-OH is 5. The topological polar surface area (TPSA) is 150 Å². The highest BCUT2D eigenvalue weighted by Gasteiger charge is 2.44. The van der Waals surface area contributed by atoms with Gasteiger partial charge in [-0.15, -0.1) is 0 Å². The molecule has 0 aliphatic carbocycles. The van der Waals surface area contributed by atoms with Crippen molar-refractivity contribution in [3.63, 3.8) is 0 Å². The van der Waals surface area contributed by atoms with E-state index in [-0.39, 0.29) is 24.4 Å². The minimum atomic E-state index is -1.58. The van der Waals surface area contributed by atoms with E-state index in [4.69, 9.17) is 13.9 Å². The van der Waals surface area contributed by atoms with Crippen LogP contribution in [0.25, 0.3) is 11.0 Å². The highest BCUT2D eigenvalue weighted by atomic mass is 16.7. The summed E-state index contributed by atoms with van der Waals surface area (Å²) in [6.45, 7) is -0.756. The summed E-state index contributed by atoms with van der Waals surface area (Å²) in [4.78, 5) is 11.4. The van der Waals surface area contributed by atoms with E-state index in [0.717, 1.165) is 0 Å². The second-order valence-corrected chi connectivity index (χ2v) is 6.04. The van der Waals surface area contributed by atoms with Crippen LogP contribution in [0.2, 0.25) is 0 Å². The number of benzene rings is 1. The zero-order valence-electron chi connectivity index (χ0n) is 13.7. The molecule has 1 fully saturated rings. The van der Waals surface area contributed by atoms with Gasteiger partial charge in [0.25, 0.3) is 0 Å². The fourth-order valence-electron chi connectivity index (χ4n) is 2.86. The fraction of sp³-hybridized carbons (Fsp3) is 0.471. The van der Waals surface area contributed by atoms with E-state index in [9.17, 15) is 30.3 Å². The van der Waals surface area contributed by atoms with Crippen LogP contribution in [0.5, 0.6) is 5.75 Å². The molecule has 2 heterocycles. The van der Waals surface area contributed by atoms with Crippen LogP contribution in [0.1, 0.15) is 5.56 Å². The monoisotopic (exact) mass is 368 g/mol. The smallest absolute Gasteiger partial charge is 0.336 e. The maximum Gasteiger partial charge on any atom is 0.336 e. The van der Waals surface area contributed by atoms with Crippen molar-refractivity contribution in [1.29, 1.82) is 0 Å². The molecule has 0 unspecified atom stereocenters. The molecule has 5 atom stereocenters. The van der Waals surface area contributed by atoms with Gasteiger partial charge in [-0.2, -0.15) is 0 Å². The van der Waals surface area contributed by atoms with E-state index >= 15 is 0 Å². The van der Waals surface area contributed by atoms with Crippen LogP contribution >= 0.6 is 0 Å². The molecule has 9 nitrogen and oxygen atoms in total. The van der Waals surface area contributed by atoms with Crippen molar-refractivity contribution < 1.29 is 39.4 Å². The van der Waals surface area contributed by atoms with Gasteiger partial charge in [0.15, 0.2) is 0 Å². The van der Waals surface area contributed by atoms with Crippen LogP contribution in [0.4, 0.5) is 0 Å². The Morgan fingerprint density at radius 2 is 1.81 bits per heavy atom. The first kappa shape index (κ1) is 18.8. The molecule has 1 aromatic heterocycles. The van der Waals surface area contributed by atoms with Gasteiger partial charge >= 0.3 is 5.63 Å². The molecule has 3 rings (SSSR count). The van der Waals surface area contributed by atoms with Crippen LogP contribution in [-0.2, 0) is 11.2 Å². The first-order valence-electron chi connectivity index (χ1n) is 8.09. The lowest BCUT2D eigenvalue weighted by molar-refractivity contribution is -0.277. The normalized spacial score (nSPS) is 29.0. The van der Waals surface area contributed by atoms with Gasteiger partial charge in [0.05, 0.1) is 6.61 Å². The van der Waals surface area contributed by atoms with Crippen LogP contribution in [-0.4, -0.2) is 69.5 Å². The number of ether oxygens (including phenoxy) is 2. The number of rotatable bonds is 5.